The van der Waals surface area contributed by atoms with Gasteiger partial charge in [0.05, 0.1) is 5.71 Å². The van der Waals surface area contributed by atoms with E-state index in [0.29, 0.717) is 0 Å². The summed E-state index contributed by atoms with van der Waals surface area (Å²) < 4.78 is 0. The molecule has 0 saturated heterocycles. The van der Waals surface area contributed by atoms with E-state index >= 15 is 0 Å². The maximum Gasteiger partial charge on any atom is 0.0613 e. The Morgan fingerprint density at radius 2 is 2.50 bits per heavy atom. The molecular weight excluding hydrogens is 150 g/mol. The fraction of sp³-hybridized carbons (Fsp3) is 0.667. The van der Waals surface area contributed by atoms with Crippen molar-refractivity contribution < 1.29 is 0 Å². The van der Waals surface area contributed by atoms with Crippen LogP contribution in [0.25, 0.3) is 0 Å². The number of nitrogens with one attached hydrogen (secondary N) is 2. The molecule has 3 nitrogen and oxygen atoms in total. The van der Waals surface area contributed by atoms with Gasteiger partial charge in [-0.25, -0.2) is 0 Å². The lowest BCUT2D eigenvalue weighted by Gasteiger charge is -2.04. The second-order valence-corrected chi connectivity index (χ2v) is 2.97. The van der Waals surface area contributed by atoms with E-state index < -0.39 is 0 Å². The Labute approximate surface area is 73.9 Å². The first kappa shape index (κ1) is 9.26. The molecule has 0 bridgehead atoms. The van der Waals surface area contributed by atoms with E-state index in [2.05, 4.69) is 21.9 Å². The molecule has 0 aromatic rings. The second kappa shape index (κ2) is 4.93. The van der Waals surface area contributed by atoms with Crippen LogP contribution in [0.1, 0.15) is 19.8 Å². The van der Waals surface area contributed by atoms with Gasteiger partial charge in [-0.15, -0.1) is 0 Å². The zero-order chi connectivity index (χ0) is 8.81. The lowest BCUT2D eigenvalue weighted by Crippen LogP contribution is -2.19. The molecule has 0 aliphatic carbocycles. The third-order valence-corrected chi connectivity index (χ3v) is 2.01. The largest absolute Gasteiger partial charge is 0.313 e. The van der Waals surface area contributed by atoms with Gasteiger partial charge >= 0.3 is 0 Å². The molecular formula is C9H17N3. The van der Waals surface area contributed by atoms with Crippen LogP contribution >= 0.6 is 0 Å². The monoisotopic (exact) mass is 167 g/mol. The van der Waals surface area contributed by atoms with Gasteiger partial charge in [-0.1, -0.05) is 6.08 Å². The molecule has 0 saturated carbocycles. The quantitative estimate of drug-likeness (QED) is 0.473. The number of rotatable bonds is 2. The number of hydrogen-bond donors (Lipinski definition) is 2. The molecule has 1 rings (SSSR count). The molecule has 3 heteroatoms. The molecule has 0 amide bonds. The van der Waals surface area contributed by atoms with Gasteiger partial charge in [0.15, 0.2) is 0 Å². The van der Waals surface area contributed by atoms with Crippen LogP contribution in [0, 0.1) is 0 Å². The Balaban J connectivity index is 2.58. The number of hydrogen-bond acceptors (Lipinski definition) is 3. The first-order valence-corrected chi connectivity index (χ1v) is 4.45. The van der Waals surface area contributed by atoms with Crippen molar-refractivity contribution in [3.05, 3.63) is 11.6 Å². The summed E-state index contributed by atoms with van der Waals surface area (Å²) in [6.07, 6.45) is 4.67. The van der Waals surface area contributed by atoms with Crippen molar-refractivity contribution >= 4 is 5.71 Å². The molecule has 0 fully saturated rings. The minimum absolute atomic E-state index is 0.955. The van der Waals surface area contributed by atoms with E-state index in [-0.39, 0.29) is 0 Å². The molecule has 0 aromatic heterocycles. The summed E-state index contributed by atoms with van der Waals surface area (Å²) in [5.41, 5.74) is 5.22. The summed E-state index contributed by atoms with van der Waals surface area (Å²) >= 11 is 0. The lowest BCUT2D eigenvalue weighted by atomic mass is 10.1. The van der Waals surface area contributed by atoms with Crippen molar-refractivity contribution in [3.63, 3.8) is 0 Å². The Hall–Kier alpha value is -0.830. The standard InChI is InChI=1S/C9H17N3/c1-8(12-10-2)9-5-3-4-6-11-7-9/h5,10-11H,3-4,6-7H2,1-2H3/b12-8-. The average Bonchev–Trinajstić information content (AvgIpc) is 2.32. The van der Waals surface area contributed by atoms with Crippen molar-refractivity contribution in [2.24, 2.45) is 5.10 Å². The Morgan fingerprint density at radius 1 is 1.67 bits per heavy atom. The predicted octanol–water partition coefficient (Wildman–Crippen LogP) is 0.891. The molecule has 0 atom stereocenters. The summed E-state index contributed by atoms with van der Waals surface area (Å²) in [5, 5.41) is 7.51. The minimum atomic E-state index is 0.955. The zero-order valence-corrected chi connectivity index (χ0v) is 7.85. The first-order valence-electron chi connectivity index (χ1n) is 4.45. The van der Waals surface area contributed by atoms with E-state index in [9.17, 15) is 0 Å². The lowest BCUT2D eigenvalue weighted by molar-refractivity contribution is 0.717. The minimum Gasteiger partial charge on any atom is -0.313 e. The molecule has 12 heavy (non-hydrogen) atoms. The van der Waals surface area contributed by atoms with Crippen molar-refractivity contribution in [1.82, 2.24) is 10.7 Å². The van der Waals surface area contributed by atoms with Crippen molar-refractivity contribution in [2.75, 3.05) is 20.1 Å². The van der Waals surface area contributed by atoms with Gasteiger partial charge in [0.25, 0.3) is 0 Å². The van der Waals surface area contributed by atoms with Crippen LogP contribution in [0.4, 0.5) is 0 Å². The van der Waals surface area contributed by atoms with E-state index in [1.165, 1.54) is 18.4 Å². The van der Waals surface area contributed by atoms with Gasteiger partial charge in [-0.2, -0.15) is 5.10 Å². The topological polar surface area (TPSA) is 36.4 Å². The van der Waals surface area contributed by atoms with Crippen LogP contribution in [0.3, 0.4) is 0 Å². The van der Waals surface area contributed by atoms with E-state index in [0.717, 1.165) is 18.8 Å². The molecule has 0 aromatic carbocycles. The van der Waals surface area contributed by atoms with Crippen LogP contribution in [-0.4, -0.2) is 25.8 Å². The third kappa shape index (κ3) is 2.66. The van der Waals surface area contributed by atoms with Gasteiger partial charge in [0.1, 0.15) is 0 Å². The smallest absolute Gasteiger partial charge is 0.0613 e. The number of nitrogens with zero attached hydrogens (tertiary/aromatic N) is 1. The highest BCUT2D eigenvalue weighted by molar-refractivity contribution is 5.98. The van der Waals surface area contributed by atoms with Crippen molar-refractivity contribution in [2.45, 2.75) is 19.8 Å². The summed E-state index contributed by atoms with van der Waals surface area (Å²) in [6.45, 7) is 4.11. The highest BCUT2D eigenvalue weighted by atomic mass is 15.3. The fourth-order valence-corrected chi connectivity index (χ4v) is 1.31. The molecule has 1 aliphatic rings. The summed E-state index contributed by atoms with van der Waals surface area (Å²) in [4.78, 5) is 0. The van der Waals surface area contributed by atoms with E-state index in [1.807, 2.05) is 14.0 Å². The van der Waals surface area contributed by atoms with Crippen LogP contribution in [-0.2, 0) is 0 Å². The Bertz CT molecular complexity index is 194. The normalized spacial score (nSPS) is 19.8. The number of hydrazone groups is 1. The van der Waals surface area contributed by atoms with Gasteiger partial charge in [0.2, 0.25) is 0 Å². The summed E-state index contributed by atoms with van der Waals surface area (Å²) in [6, 6.07) is 0. The Kier molecular flexibility index (Phi) is 3.80. The average molecular weight is 167 g/mol. The third-order valence-electron chi connectivity index (χ3n) is 2.01. The maximum atomic E-state index is 4.15. The molecule has 2 N–H and O–H groups in total. The van der Waals surface area contributed by atoms with E-state index in [1.54, 1.807) is 0 Å². The van der Waals surface area contributed by atoms with Crippen LogP contribution in [0.2, 0.25) is 0 Å². The first-order chi connectivity index (χ1) is 5.84. The summed E-state index contributed by atoms with van der Waals surface area (Å²) in [7, 11) is 1.83. The van der Waals surface area contributed by atoms with Crippen molar-refractivity contribution in [3.8, 4) is 0 Å². The second-order valence-electron chi connectivity index (χ2n) is 2.97. The fourth-order valence-electron chi connectivity index (χ4n) is 1.31. The molecule has 1 heterocycles. The van der Waals surface area contributed by atoms with Gasteiger partial charge in [0, 0.05) is 13.6 Å². The van der Waals surface area contributed by atoms with Crippen molar-refractivity contribution in [1.29, 1.82) is 0 Å². The van der Waals surface area contributed by atoms with Crippen LogP contribution in [0.5, 0.6) is 0 Å². The highest BCUT2D eigenvalue weighted by Gasteiger charge is 2.03. The molecule has 68 valence electrons. The molecule has 0 radical (unpaired) electrons. The molecule has 0 spiro atoms. The maximum absolute atomic E-state index is 4.15. The number of allylic oxidation sites excluding steroid dienone is 1. The van der Waals surface area contributed by atoms with Crippen LogP contribution in [0.15, 0.2) is 16.8 Å². The van der Waals surface area contributed by atoms with Gasteiger partial charge in [-0.3, -0.25) is 0 Å². The molecule has 1 aliphatic heterocycles. The van der Waals surface area contributed by atoms with Gasteiger partial charge in [-0.05, 0) is 31.9 Å². The highest BCUT2D eigenvalue weighted by Crippen LogP contribution is 2.04. The Morgan fingerprint density at radius 3 is 3.25 bits per heavy atom. The SMILES string of the molecule is CN/N=C(/C)C1=CCCCNC1. The zero-order valence-electron chi connectivity index (χ0n) is 7.85. The van der Waals surface area contributed by atoms with Crippen LogP contribution < -0.4 is 10.7 Å². The van der Waals surface area contributed by atoms with E-state index in [4.69, 9.17) is 0 Å². The predicted molar refractivity (Wildman–Crippen MR) is 52.4 cm³/mol. The molecule has 0 unspecified atom stereocenters. The summed E-state index contributed by atoms with van der Waals surface area (Å²) in [5.74, 6) is 0. The van der Waals surface area contributed by atoms with Gasteiger partial charge < -0.3 is 10.7 Å².